The Balaban J connectivity index is 2.61. The van der Waals surface area contributed by atoms with Crippen molar-refractivity contribution in [1.82, 2.24) is 9.29 Å². The van der Waals surface area contributed by atoms with Crippen LogP contribution in [0.5, 0.6) is 0 Å². The van der Waals surface area contributed by atoms with E-state index in [0.717, 1.165) is 19.3 Å². The fourth-order valence-electron chi connectivity index (χ4n) is 1.86. The van der Waals surface area contributed by atoms with Crippen molar-refractivity contribution < 1.29 is 18.3 Å². The van der Waals surface area contributed by atoms with Crippen molar-refractivity contribution in [2.24, 2.45) is 13.0 Å². The van der Waals surface area contributed by atoms with E-state index in [4.69, 9.17) is 5.11 Å². The normalized spacial score (nSPS) is 12.0. The highest BCUT2D eigenvalue weighted by molar-refractivity contribution is 7.89. The van der Waals surface area contributed by atoms with Crippen molar-refractivity contribution in [2.75, 3.05) is 6.54 Å². The summed E-state index contributed by atoms with van der Waals surface area (Å²) in [6, 6.07) is 1.17. The van der Waals surface area contributed by atoms with E-state index < -0.39 is 16.0 Å². The van der Waals surface area contributed by atoms with Crippen molar-refractivity contribution in [3.8, 4) is 0 Å². The Bertz CT molecular complexity index is 561. The van der Waals surface area contributed by atoms with Crippen LogP contribution in [0, 0.1) is 5.92 Å². The summed E-state index contributed by atoms with van der Waals surface area (Å²) in [6.07, 6.45) is 4.11. The Labute approximate surface area is 119 Å². The number of nitrogens with one attached hydrogen (secondary N) is 1. The summed E-state index contributed by atoms with van der Waals surface area (Å²) in [5.74, 6) is -0.537. The predicted molar refractivity (Wildman–Crippen MR) is 76.2 cm³/mol. The summed E-state index contributed by atoms with van der Waals surface area (Å²) >= 11 is 0. The molecule has 1 aromatic heterocycles. The molecule has 1 aromatic rings. The highest BCUT2D eigenvalue weighted by Gasteiger charge is 2.19. The predicted octanol–water partition coefficient (Wildman–Crippen LogP) is 1.83. The Morgan fingerprint density at radius 3 is 2.55 bits per heavy atom. The number of rotatable bonds is 8. The van der Waals surface area contributed by atoms with Crippen molar-refractivity contribution in [1.29, 1.82) is 0 Å². The smallest absolute Gasteiger partial charge is 0.352 e. The first-order chi connectivity index (χ1) is 9.24. The quantitative estimate of drug-likeness (QED) is 0.717. The Morgan fingerprint density at radius 1 is 1.40 bits per heavy atom. The Kier molecular flexibility index (Phi) is 5.76. The van der Waals surface area contributed by atoms with E-state index in [1.807, 2.05) is 0 Å². The van der Waals surface area contributed by atoms with Gasteiger partial charge in [-0.15, -0.1) is 0 Å². The van der Waals surface area contributed by atoms with Crippen LogP contribution < -0.4 is 4.72 Å². The van der Waals surface area contributed by atoms with Crippen LogP contribution >= 0.6 is 0 Å². The number of aromatic carboxylic acids is 1. The number of carboxylic acid groups (broad SMARTS) is 1. The summed E-state index contributed by atoms with van der Waals surface area (Å²) in [5, 5.41) is 8.91. The van der Waals surface area contributed by atoms with Gasteiger partial charge in [0.1, 0.15) is 10.6 Å². The maximum absolute atomic E-state index is 12.0. The second-order valence-corrected chi connectivity index (χ2v) is 7.03. The molecule has 114 valence electrons. The third-order valence-corrected chi connectivity index (χ3v) is 4.44. The van der Waals surface area contributed by atoms with Crippen LogP contribution in [-0.2, 0) is 17.1 Å². The molecule has 0 fully saturated rings. The summed E-state index contributed by atoms with van der Waals surface area (Å²) in [7, 11) is -2.13. The van der Waals surface area contributed by atoms with Gasteiger partial charge in [0.15, 0.2) is 0 Å². The molecule has 0 amide bonds. The van der Waals surface area contributed by atoms with Gasteiger partial charge in [-0.25, -0.2) is 17.9 Å². The molecule has 0 radical (unpaired) electrons. The minimum Gasteiger partial charge on any atom is -0.477 e. The van der Waals surface area contributed by atoms with Crippen LogP contribution in [0.4, 0.5) is 0 Å². The number of aryl methyl sites for hydroxylation is 1. The van der Waals surface area contributed by atoms with Gasteiger partial charge in [-0.2, -0.15) is 0 Å². The highest BCUT2D eigenvalue weighted by atomic mass is 32.2. The summed E-state index contributed by atoms with van der Waals surface area (Å²) in [4.78, 5) is 10.9. The van der Waals surface area contributed by atoms with E-state index in [1.165, 1.54) is 23.9 Å². The van der Waals surface area contributed by atoms with Crippen LogP contribution in [0.1, 0.15) is 43.6 Å². The number of nitrogens with zero attached hydrogens (tertiary/aromatic N) is 1. The van der Waals surface area contributed by atoms with Gasteiger partial charge in [-0.05, 0) is 18.4 Å². The molecule has 1 rings (SSSR count). The van der Waals surface area contributed by atoms with E-state index in [1.54, 1.807) is 0 Å². The second-order valence-electron chi connectivity index (χ2n) is 5.26. The molecule has 0 saturated heterocycles. The van der Waals surface area contributed by atoms with Crippen LogP contribution in [-0.4, -0.2) is 30.6 Å². The van der Waals surface area contributed by atoms with Gasteiger partial charge in [0.25, 0.3) is 0 Å². The average Bonchev–Trinajstić information content (AvgIpc) is 2.71. The van der Waals surface area contributed by atoms with Gasteiger partial charge < -0.3 is 9.67 Å². The molecule has 0 saturated carbocycles. The van der Waals surface area contributed by atoms with Crippen molar-refractivity contribution in [3.05, 3.63) is 18.0 Å². The minimum absolute atomic E-state index is 0.0127. The van der Waals surface area contributed by atoms with Crippen molar-refractivity contribution in [2.45, 2.75) is 38.0 Å². The molecule has 7 heteroatoms. The number of sulfonamides is 1. The number of aromatic nitrogens is 1. The fraction of sp³-hybridized carbons (Fsp3) is 0.615. The molecule has 2 N–H and O–H groups in total. The molecule has 0 bridgehead atoms. The molecular weight excluding hydrogens is 280 g/mol. The summed E-state index contributed by atoms with van der Waals surface area (Å²) in [5.41, 5.74) is -0.0508. The van der Waals surface area contributed by atoms with Gasteiger partial charge in [-0.1, -0.05) is 26.7 Å². The molecule has 0 aromatic carbocycles. The van der Waals surface area contributed by atoms with Crippen LogP contribution in [0.25, 0.3) is 0 Å². The highest BCUT2D eigenvalue weighted by Crippen LogP contribution is 2.13. The number of unbranched alkanes of at least 4 members (excludes halogenated alkanes) is 1. The molecule has 0 spiro atoms. The molecular formula is C13H22N2O4S. The molecule has 20 heavy (non-hydrogen) atoms. The molecule has 0 aliphatic rings. The van der Waals surface area contributed by atoms with Crippen molar-refractivity contribution >= 4 is 16.0 Å². The lowest BCUT2D eigenvalue weighted by Crippen LogP contribution is -2.24. The van der Waals surface area contributed by atoms with Crippen molar-refractivity contribution in [3.63, 3.8) is 0 Å². The van der Waals surface area contributed by atoms with E-state index in [-0.39, 0.29) is 10.6 Å². The Hall–Kier alpha value is -1.34. The number of hydrogen-bond donors (Lipinski definition) is 2. The lowest BCUT2D eigenvalue weighted by atomic mass is 10.1. The van der Waals surface area contributed by atoms with E-state index in [0.29, 0.717) is 12.5 Å². The van der Waals surface area contributed by atoms with Gasteiger partial charge in [0.2, 0.25) is 10.0 Å². The van der Waals surface area contributed by atoms with Gasteiger partial charge in [0, 0.05) is 19.8 Å². The van der Waals surface area contributed by atoms with E-state index in [9.17, 15) is 13.2 Å². The first-order valence-corrected chi connectivity index (χ1v) is 8.11. The van der Waals surface area contributed by atoms with E-state index in [2.05, 4.69) is 18.6 Å². The lowest BCUT2D eigenvalue weighted by Gasteiger charge is -2.06. The second kappa shape index (κ2) is 6.90. The zero-order valence-corrected chi connectivity index (χ0v) is 12.9. The maximum Gasteiger partial charge on any atom is 0.352 e. The lowest BCUT2D eigenvalue weighted by molar-refractivity contribution is 0.0686. The SMILES string of the molecule is CC(C)CCCCNS(=O)(=O)c1cc(C(=O)O)n(C)c1. The van der Waals surface area contributed by atoms with Crippen LogP contribution in [0.15, 0.2) is 17.2 Å². The average molecular weight is 302 g/mol. The topological polar surface area (TPSA) is 88.4 Å². The molecule has 6 nitrogen and oxygen atoms in total. The van der Waals surface area contributed by atoms with Gasteiger partial charge >= 0.3 is 5.97 Å². The van der Waals surface area contributed by atoms with Crippen LogP contribution in [0.2, 0.25) is 0 Å². The monoisotopic (exact) mass is 302 g/mol. The third-order valence-electron chi connectivity index (χ3n) is 3.01. The standard InChI is InChI=1S/C13H22N2O4S/c1-10(2)6-4-5-7-14-20(18,19)11-8-12(13(16)17)15(3)9-11/h8-10,14H,4-7H2,1-3H3,(H,16,17). The van der Waals surface area contributed by atoms with Gasteiger partial charge in [0.05, 0.1) is 0 Å². The maximum atomic E-state index is 12.0. The van der Waals surface area contributed by atoms with Gasteiger partial charge in [-0.3, -0.25) is 0 Å². The van der Waals surface area contributed by atoms with E-state index >= 15 is 0 Å². The first-order valence-electron chi connectivity index (χ1n) is 6.63. The zero-order valence-electron chi connectivity index (χ0n) is 12.1. The fourth-order valence-corrected chi connectivity index (χ4v) is 3.00. The number of carboxylic acids is 1. The number of carbonyl (C=O) groups is 1. The molecule has 1 heterocycles. The number of hydrogen-bond acceptors (Lipinski definition) is 3. The summed E-state index contributed by atoms with van der Waals surface area (Å²) in [6.45, 7) is 4.62. The molecule has 0 unspecified atom stereocenters. The third kappa shape index (κ3) is 4.64. The summed E-state index contributed by atoms with van der Waals surface area (Å²) < 4.78 is 27.8. The minimum atomic E-state index is -3.63. The molecule has 0 aliphatic carbocycles. The largest absolute Gasteiger partial charge is 0.477 e. The zero-order chi connectivity index (χ0) is 15.3. The molecule has 0 atom stereocenters. The Morgan fingerprint density at radius 2 is 2.05 bits per heavy atom. The molecule has 0 aliphatic heterocycles. The van der Waals surface area contributed by atoms with Crippen LogP contribution in [0.3, 0.4) is 0 Å². The first kappa shape index (κ1) is 16.7.